The monoisotopic (exact) mass is 274 g/mol. The number of hydrogen-bond acceptors (Lipinski definition) is 3. The average Bonchev–Trinajstić information content (AvgIpc) is 2.96. The minimum Gasteiger partial charge on any atom is -0.324 e. The molecular formula is C15H22N4O. The SMILES string of the molecule is CCCc1ncc(C#N)n1CN1CC(CCC)CC1=O. The first kappa shape index (κ1) is 14.6. The lowest BCUT2D eigenvalue weighted by atomic mass is 10.0. The van der Waals surface area contributed by atoms with E-state index in [1.54, 1.807) is 6.20 Å². The van der Waals surface area contributed by atoms with Gasteiger partial charge in [0.1, 0.15) is 17.6 Å². The molecule has 1 amide bonds. The van der Waals surface area contributed by atoms with Gasteiger partial charge in [-0.2, -0.15) is 5.26 Å². The molecule has 0 saturated carbocycles. The van der Waals surface area contributed by atoms with Crippen molar-refractivity contribution in [3.63, 3.8) is 0 Å². The van der Waals surface area contributed by atoms with E-state index in [1.165, 1.54) is 0 Å². The molecule has 1 unspecified atom stereocenters. The number of hydrogen-bond donors (Lipinski definition) is 0. The normalized spacial score (nSPS) is 18.6. The first-order valence-corrected chi connectivity index (χ1v) is 7.41. The van der Waals surface area contributed by atoms with E-state index in [9.17, 15) is 4.79 Å². The lowest BCUT2D eigenvalue weighted by molar-refractivity contribution is -0.129. The molecule has 1 aromatic heterocycles. The summed E-state index contributed by atoms with van der Waals surface area (Å²) in [6.07, 6.45) is 6.28. The fourth-order valence-corrected chi connectivity index (χ4v) is 2.85. The molecule has 1 atom stereocenters. The zero-order valence-electron chi connectivity index (χ0n) is 12.3. The van der Waals surface area contributed by atoms with E-state index in [0.717, 1.165) is 38.1 Å². The van der Waals surface area contributed by atoms with Crippen LogP contribution in [0.4, 0.5) is 0 Å². The van der Waals surface area contributed by atoms with Gasteiger partial charge in [-0.25, -0.2) is 4.98 Å². The molecule has 0 aromatic carbocycles. The Labute approximate surface area is 120 Å². The van der Waals surface area contributed by atoms with E-state index < -0.39 is 0 Å². The number of aromatic nitrogens is 2. The van der Waals surface area contributed by atoms with Crippen molar-refractivity contribution in [1.82, 2.24) is 14.5 Å². The quantitative estimate of drug-likeness (QED) is 0.799. The van der Waals surface area contributed by atoms with Crippen molar-refractivity contribution in [2.75, 3.05) is 6.54 Å². The summed E-state index contributed by atoms with van der Waals surface area (Å²) in [5, 5.41) is 9.16. The van der Waals surface area contributed by atoms with E-state index >= 15 is 0 Å². The van der Waals surface area contributed by atoms with Gasteiger partial charge < -0.3 is 9.47 Å². The van der Waals surface area contributed by atoms with Crippen LogP contribution in [0.3, 0.4) is 0 Å². The van der Waals surface area contributed by atoms with Crippen LogP contribution < -0.4 is 0 Å². The molecule has 0 spiro atoms. The predicted molar refractivity (Wildman–Crippen MR) is 75.7 cm³/mol. The maximum Gasteiger partial charge on any atom is 0.224 e. The topological polar surface area (TPSA) is 61.9 Å². The Balaban J connectivity index is 2.12. The van der Waals surface area contributed by atoms with Crippen LogP contribution in [0.15, 0.2) is 6.20 Å². The molecule has 5 heteroatoms. The van der Waals surface area contributed by atoms with Crippen molar-refractivity contribution in [2.24, 2.45) is 5.92 Å². The third-order valence-electron chi connectivity index (χ3n) is 3.83. The summed E-state index contributed by atoms with van der Waals surface area (Å²) in [6.45, 7) is 5.51. The van der Waals surface area contributed by atoms with Crippen molar-refractivity contribution in [3.8, 4) is 6.07 Å². The molecule has 2 rings (SSSR count). The zero-order valence-corrected chi connectivity index (χ0v) is 12.3. The highest BCUT2D eigenvalue weighted by Gasteiger charge is 2.29. The van der Waals surface area contributed by atoms with Crippen molar-refractivity contribution in [1.29, 1.82) is 5.26 Å². The molecule has 1 aliphatic heterocycles. The van der Waals surface area contributed by atoms with Crippen LogP contribution in [0.25, 0.3) is 0 Å². The summed E-state index contributed by atoms with van der Waals surface area (Å²) >= 11 is 0. The standard InChI is InChI=1S/C15H22N4O/c1-3-5-12-7-15(20)18(10-12)11-19-13(8-16)9-17-14(19)6-4-2/h9,12H,3-7,10-11H2,1-2H3. The highest BCUT2D eigenvalue weighted by atomic mass is 16.2. The Kier molecular flexibility index (Phi) is 4.78. The Hall–Kier alpha value is -1.83. The molecule has 0 radical (unpaired) electrons. The predicted octanol–water partition coefficient (Wildman–Crippen LogP) is 2.31. The number of imidazole rings is 1. The highest BCUT2D eigenvalue weighted by molar-refractivity contribution is 5.78. The van der Waals surface area contributed by atoms with E-state index in [0.29, 0.717) is 24.7 Å². The summed E-state index contributed by atoms with van der Waals surface area (Å²) in [5.74, 6) is 1.57. The summed E-state index contributed by atoms with van der Waals surface area (Å²) in [4.78, 5) is 18.2. The molecule has 2 heterocycles. The number of carbonyl (C=O) groups excluding carboxylic acids is 1. The minimum absolute atomic E-state index is 0.198. The van der Waals surface area contributed by atoms with Gasteiger partial charge in [0, 0.05) is 19.4 Å². The van der Waals surface area contributed by atoms with Gasteiger partial charge in [-0.3, -0.25) is 4.79 Å². The van der Waals surface area contributed by atoms with E-state index in [1.807, 2.05) is 9.47 Å². The van der Waals surface area contributed by atoms with E-state index in [-0.39, 0.29) is 5.91 Å². The van der Waals surface area contributed by atoms with Gasteiger partial charge in [-0.1, -0.05) is 20.3 Å². The van der Waals surface area contributed by atoms with Gasteiger partial charge in [-0.15, -0.1) is 0 Å². The third-order valence-corrected chi connectivity index (χ3v) is 3.83. The van der Waals surface area contributed by atoms with Crippen LogP contribution in [0.2, 0.25) is 0 Å². The summed E-state index contributed by atoms with van der Waals surface area (Å²) < 4.78 is 1.88. The second-order valence-electron chi connectivity index (χ2n) is 5.47. The Morgan fingerprint density at radius 2 is 2.25 bits per heavy atom. The molecule has 1 fully saturated rings. The highest BCUT2D eigenvalue weighted by Crippen LogP contribution is 2.23. The fourth-order valence-electron chi connectivity index (χ4n) is 2.85. The van der Waals surface area contributed by atoms with Crippen LogP contribution >= 0.6 is 0 Å². The van der Waals surface area contributed by atoms with E-state index in [4.69, 9.17) is 5.26 Å². The molecule has 5 nitrogen and oxygen atoms in total. The summed E-state index contributed by atoms with van der Waals surface area (Å²) in [6, 6.07) is 2.16. The molecule has 1 saturated heterocycles. The van der Waals surface area contributed by atoms with Gasteiger partial charge in [0.2, 0.25) is 5.91 Å². The first-order chi connectivity index (χ1) is 9.69. The fraction of sp³-hybridized carbons (Fsp3) is 0.667. The number of carbonyl (C=O) groups is 1. The van der Waals surface area contributed by atoms with Gasteiger partial charge in [0.25, 0.3) is 0 Å². The van der Waals surface area contributed by atoms with Crippen molar-refractivity contribution < 1.29 is 4.79 Å². The number of aryl methyl sites for hydroxylation is 1. The largest absolute Gasteiger partial charge is 0.324 e. The molecule has 20 heavy (non-hydrogen) atoms. The second kappa shape index (κ2) is 6.56. The maximum atomic E-state index is 12.1. The van der Waals surface area contributed by atoms with E-state index in [2.05, 4.69) is 24.9 Å². The van der Waals surface area contributed by atoms with Crippen molar-refractivity contribution >= 4 is 5.91 Å². The summed E-state index contributed by atoms with van der Waals surface area (Å²) in [5.41, 5.74) is 0.542. The van der Waals surface area contributed by atoms with Crippen LogP contribution in [-0.4, -0.2) is 26.9 Å². The zero-order chi connectivity index (χ0) is 14.5. The first-order valence-electron chi connectivity index (χ1n) is 7.41. The molecule has 108 valence electrons. The molecule has 0 N–H and O–H groups in total. The van der Waals surface area contributed by atoms with Crippen molar-refractivity contribution in [3.05, 3.63) is 17.7 Å². The number of amides is 1. The Morgan fingerprint density at radius 1 is 1.45 bits per heavy atom. The summed E-state index contributed by atoms with van der Waals surface area (Å²) in [7, 11) is 0. The van der Waals surface area contributed by atoms with Gasteiger partial charge in [0.05, 0.1) is 12.9 Å². The van der Waals surface area contributed by atoms with Crippen LogP contribution in [0, 0.1) is 17.2 Å². The molecule has 1 aliphatic rings. The Bertz CT molecular complexity index is 514. The average molecular weight is 274 g/mol. The van der Waals surface area contributed by atoms with Gasteiger partial charge in [0.15, 0.2) is 0 Å². The second-order valence-corrected chi connectivity index (χ2v) is 5.47. The number of rotatable bonds is 6. The minimum atomic E-state index is 0.198. The molecular weight excluding hydrogens is 252 g/mol. The molecule has 1 aromatic rings. The lowest BCUT2D eigenvalue weighted by Crippen LogP contribution is -2.29. The van der Waals surface area contributed by atoms with Crippen LogP contribution in [-0.2, 0) is 17.9 Å². The van der Waals surface area contributed by atoms with Crippen molar-refractivity contribution in [2.45, 2.75) is 52.6 Å². The molecule has 0 aliphatic carbocycles. The smallest absolute Gasteiger partial charge is 0.224 e. The Morgan fingerprint density at radius 3 is 2.90 bits per heavy atom. The lowest BCUT2D eigenvalue weighted by Gasteiger charge is -2.19. The van der Waals surface area contributed by atoms with Crippen LogP contribution in [0.5, 0.6) is 0 Å². The number of nitrogens with zero attached hydrogens (tertiary/aromatic N) is 4. The maximum absolute atomic E-state index is 12.1. The molecule has 0 bridgehead atoms. The van der Waals surface area contributed by atoms with Crippen LogP contribution in [0.1, 0.15) is 51.0 Å². The van der Waals surface area contributed by atoms with Gasteiger partial charge >= 0.3 is 0 Å². The number of likely N-dealkylation sites (tertiary alicyclic amines) is 1. The number of nitriles is 1. The van der Waals surface area contributed by atoms with Gasteiger partial charge in [-0.05, 0) is 18.8 Å². The third kappa shape index (κ3) is 3.01.